The van der Waals surface area contributed by atoms with Crippen molar-refractivity contribution in [3.05, 3.63) is 26.6 Å². The zero-order chi connectivity index (χ0) is 13.9. The van der Waals surface area contributed by atoms with Crippen molar-refractivity contribution in [2.45, 2.75) is 12.5 Å². The number of nitrogens with zero attached hydrogens (tertiary/aromatic N) is 1. The lowest BCUT2D eigenvalue weighted by Gasteiger charge is -2.20. The standard InChI is InChI=1S/C11H13Br2NO3/c1-14(2)9(11(16)17)5-6-3-7(12)10(15)8(13)4-6/h3-4,9,15H,5H2,1-2H3,(H,16,17)/t9-/m0/s1/i1D. The fourth-order valence-corrected chi connectivity index (χ4v) is 2.67. The number of likely N-dealkylation sites (N-methyl/N-ethyl adjacent to an activating group) is 1. The van der Waals surface area contributed by atoms with Gasteiger partial charge >= 0.3 is 5.97 Å². The number of aliphatic carboxylic acids is 1. The highest BCUT2D eigenvalue weighted by Crippen LogP contribution is 2.33. The average molecular weight is 368 g/mol. The molecule has 2 N–H and O–H groups in total. The second-order valence-electron chi connectivity index (χ2n) is 3.72. The van der Waals surface area contributed by atoms with Gasteiger partial charge in [0.25, 0.3) is 0 Å². The van der Waals surface area contributed by atoms with Gasteiger partial charge in [-0.2, -0.15) is 0 Å². The number of carbonyl (C=O) groups is 1. The van der Waals surface area contributed by atoms with Gasteiger partial charge in [-0.25, -0.2) is 0 Å². The highest BCUT2D eigenvalue weighted by molar-refractivity contribution is 9.11. The number of aromatic hydroxyl groups is 1. The van der Waals surface area contributed by atoms with Crippen molar-refractivity contribution in [2.75, 3.05) is 14.1 Å². The Kier molecular flexibility index (Phi) is 4.42. The van der Waals surface area contributed by atoms with Gasteiger partial charge in [0, 0.05) is 1.37 Å². The first kappa shape index (κ1) is 12.9. The molecule has 0 amide bonds. The van der Waals surface area contributed by atoms with E-state index >= 15 is 0 Å². The van der Waals surface area contributed by atoms with E-state index in [0.29, 0.717) is 8.95 Å². The zero-order valence-electron chi connectivity index (χ0n) is 10.2. The van der Waals surface area contributed by atoms with E-state index in [9.17, 15) is 9.90 Å². The van der Waals surface area contributed by atoms with Crippen LogP contribution in [0.1, 0.15) is 6.93 Å². The van der Waals surface area contributed by atoms with Crippen molar-refractivity contribution in [1.29, 1.82) is 0 Å². The van der Waals surface area contributed by atoms with Crippen molar-refractivity contribution >= 4 is 37.8 Å². The maximum absolute atomic E-state index is 11.1. The summed E-state index contributed by atoms with van der Waals surface area (Å²) in [4.78, 5) is 12.6. The molecule has 1 aromatic carbocycles. The quantitative estimate of drug-likeness (QED) is 0.858. The van der Waals surface area contributed by atoms with E-state index in [4.69, 9.17) is 6.48 Å². The molecule has 1 atom stereocenters. The van der Waals surface area contributed by atoms with Gasteiger partial charge in [0.1, 0.15) is 11.8 Å². The largest absolute Gasteiger partial charge is 0.506 e. The second-order valence-corrected chi connectivity index (χ2v) is 5.43. The average Bonchev–Trinajstić information content (AvgIpc) is 2.31. The number of carboxylic acid groups (broad SMARTS) is 1. The molecule has 0 aliphatic carbocycles. The highest BCUT2D eigenvalue weighted by atomic mass is 79.9. The minimum Gasteiger partial charge on any atom is -0.506 e. The van der Waals surface area contributed by atoms with Gasteiger partial charge < -0.3 is 10.2 Å². The van der Waals surface area contributed by atoms with E-state index in [1.807, 2.05) is 0 Å². The molecule has 0 radical (unpaired) electrons. The van der Waals surface area contributed by atoms with Crippen LogP contribution in [0.15, 0.2) is 21.1 Å². The molecule has 4 nitrogen and oxygen atoms in total. The van der Waals surface area contributed by atoms with E-state index in [1.54, 1.807) is 19.2 Å². The SMILES string of the molecule is [2H]CN(C)[C@@H](Cc1cc(Br)c(O)c(Br)c1)C(=O)O. The third-order valence-electron chi connectivity index (χ3n) is 2.32. The number of phenols is 1. The molecule has 0 saturated carbocycles. The molecule has 0 aliphatic heterocycles. The van der Waals surface area contributed by atoms with Crippen LogP contribution in [-0.2, 0) is 11.2 Å². The molecule has 0 aliphatic rings. The minimum absolute atomic E-state index is 0.0828. The lowest BCUT2D eigenvalue weighted by molar-refractivity contribution is -0.142. The number of rotatable bonds is 4. The molecular weight excluding hydrogens is 354 g/mol. The molecule has 1 rings (SSSR count). The van der Waals surface area contributed by atoms with Crippen molar-refractivity contribution in [2.24, 2.45) is 0 Å². The van der Waals surface area contributed by atoms with Crippen LogP contribution >= 0.6 is 31.9 Å². The molecule has 0 unspecified atom stereocenters. The molecule has 0 heterocycles. The van der Waals surface area contributed by atoms with Gasteiger partial charge in [0.05, 0.1) is 8.95 Å². The maximum Gasteiger partial charge on any atom is 0.321 e. The van der Waals surface area contributed by atoms with Gasteiger partial charge in [-0.15, -0.1) is 0 Å². The third kappa shape index (κ3) is 3.69. The Labute approximate surface area is 118 Å². The van der Waals surface area contributed by atoms with Crippen LogP contribution in [0.3, 0.4) is 0 Å². The van der Waals surface area contributed by atoms with Crippen LogP contribution in [-0.4, -0.2) is 41.2 Å². The molecule has 17 heavy (non-hydrogen) atoms. The van der Waals surface area contributed by atoms with Gasteiger partial charge in [-0.1, -0.05) is 0 Å². The third-order valence-corrected chi connectivity index (χ3v) is 3.53. The van der Waals surface area contributed by atoms with Crippen molar-refractivity contribution in [3.8, 4) is 5.75 Å². The molecule has 0 bridgehead atoms. The Bertz CT molecular complexity index is 433. The number of halogens is 2. The predicted octanol–water partition coefficient (Wildman–Crippen LogP) is 2.47. The van der Waals surface area contributed by atoms with Gasteiger partial charge in [0.15, 0.2) is 0 Å². The number of carboxylic acids is 1. The van der Waals surface area contributed by atoms with Crippen LogP contribution in [0, 0.1) is 0 Å². The summed E-state index contributed by atoms with van der Waals surface area (Å²) in [6, 6.07) is 2.59. The van der Waals surface area contributed by atoms with Crippen molar-refractivity contribution < 1.29 is 16.4 Å². The Morgan fingerprint density at radius 2 is 2.06 bits per heavy atom. The molecule has 0 saturated heterocycles. The van der Waals surface area contributed by atoms with E-state index in [-0.39, 0.29) is 19.2 Å². The lowest BCUT2D eigenvalue weighted by atomic mass is 10.1. The van der Waals surface area contributed by atoms with Crippen LogP contribution < -0.4 is 0 Å². The summed E-state index contributed by atoms with van der Waals surface area (Å²) in [5.74, 6) is -0.885. The van der Waals surface area contributed by atoms with E-state index in [1.165, 1.54) is 4.90 Å². The van der Waals surface area contributed by atoms with E-state index in [0.717, 1.165) is 5.56 Å². The fourth-order valence-electron chi connectivity index (χ4n) is 1.39. The monoisotopic (exact) mass is 366 g/mol. The van der Waals surface area contributed by atoms with E-state index in [2.05, 4.69) is 31.9 Å². The first-order valence-corrected chi connectivity index (χ1v) is 6.34. The predicted molar refractivity (Wildman–Crippen MR) is 72.3 cm³/mol. The van der Waals surface area contributed by atoms with Crippen molar-refractivity contribution in [3.63, 3.8) is 0 Å². The molecule has 0 aromatic heterocycles. The second kappa shape index (κ2) is 5.84. The summed E-state index contributed by atoms with van der Waals surface area (Å²) in [5.41, 5.74) is 0.763. The minimum atomic E-state index is -0.968. The number of hydrogen-bond acceptors (Lipinski definition) is 3. The van der Waals surface area contributed by atoms with Crippen LogP contribution in [0.25, 0.3) is 0 Å². The number of hydrogen-bond donors (Lipinski definition) is 2. The maximum atomic E-state index is 11.1. The molecule has 1 aromatic rings. The summed E-state index contributed by atoms with van der Waals surface area (Å²) < 4.78 is 8.23. The number of benzene rings is 1. The summed E-state index contributed by atoms with van der Waals surface area (Å²) in [6.07, 6.45) is 0.266. The topological polar surface area (TPSA) is 60.8 Å². The Hall–Kier alpha value is -0.590. The molecule has 0 fully saturated rings. The summed E-state index contributed by atoms with van der Waals surface area (Å²) >= 11 is 6.40. The van der Waals surface area contributed by atoms with E-state index < -0.39 is 12.0 Å². The Balaban J connectivity index is 2.98. The van der Waals surface area contributed by atoms with Gasteiger partial charge in [-0.3, -0.25) is 9.69 Å². The Morgan fingerprint density at radius 1 is 1.53 bits per heavy atom. The summed E-state index contributed by atoms with van der Waals surface area (Å²) in [5, 5.41) is 18.7. The Morgan fingerprint density at radius 3 is 2.47 bits per heavy atom. The van der Waals surface area contributed by atoms with Gasteiger partial charge in [-0.05, 0) is 70.0 Å². The van der Waals surface area contributed by atoms with Crippen molar-refractivity contribution in [1.82, 2.24) is 4.90 Å². The fraction of sp³-hybridized carbons (Fsp3) is 0.364. The van der Waals surface area contributed by atoms with Gasteiger partial charge in [0.2, 0.25) is 0 Å². The summed E-state index contributed by atoms with van der Waals surface area (Å²) in [7, 11) is 1.51. The first-order chi connectivity index (χ1) is 8.36. The highest BCUT2D eigenvalue weighted by Gasteiger charge is 2.21. The first-order valence-electron chi connectivity index (χ1n) is 5.46. The molecule has 0 spiro atoms. The molecular formula is C11H13Br2NO3. The van der Waals surface area contributed by atoms with Crippen LogP contribution in [0.4, 0.5) is 0 Å². The van der Waals surface area contributed by atoms with Crippen LogP contribution in [0.5, 0.6) is 5.75 Å². The normalized spacial score (nSPS) is 13.5. The summed E-state index contributed by atoms with van der Waals surface area (Å²) in [6.45, 7) is 0. The van der Waals surface area contributed by atoms with Crippen LogP contribution in [0.2, 0.25) is 0 Å². The molecule has 94 valence electrons. The zero-order valence-corrected chi connectivity index (χ0v) is 12.3. The number of phenolic OH excluding ortho intramolecular Hbond substituents is 1. The smallest absolute Gasteiger partial charge is 0.321 e. The lowest BCUT2D eigenvalue weighted by Crippen LogP contribution is -2.37. The molecule has 6 heteroatoms.